The molecule has 0 saturated heterocycles. The normalized spacial score (nSPS) is 16.0. The van der Waals surface area contributed by atoms with Crippen LogP contribution in [0, 0.1) is 0 Å². The Morgan fingerprint density at radius 3 is 2.44 bits per heavy atom. The van der Waals surface area contributed by atoms with Crippen molar-refractivity contribution in [1.82, 2.24) is 0 Å². The molecule has 2 rings (SSSR count). The molecule has 0 N–H and O–H groups in total. The number of hydrogen-bond donors (Lipinski definition) is 0. The summed E-state index contributed by atoms with van der Waals surface area (Å²) in [5.74, 6) is 0.518. The zero-order chi connectivity index (χ0) is 13.2. The van der Waals surface area contributed by atoms with E-state index in [2.05, 4.69) is 13.0 Å². The number of rotatable bonds is 5. The van der Waals surface area contributed by atoms with Crippen LogP contribution < -0.4 is 0 Å². The molecule has 0 nitrogen and oxygen atoms in total. The average molecular weight is 256 g/mol. The van der Waals surface area contributed by atoms with Crippen LogP contribution in [0.4, 0.5) is 13.2 Å². The van der Waals surface area contributed by atoms with E-state index >= 15 is 0 Å². The van der Waals surface area contributed by atoms with Crippen LogP contribution in [0.1, 0.15) is 55.2 Å². The van der Waals surface area contributed by atoms with E-state index in [-0.39, 0.29) is 6.42 Å². The molecule has 1 aromatic rings. The van der Waals surface area contributed by atoms with Crippen LogP contribution in [0.2, 0.25) is 0 Å². The lowest BCUT2D eigenvalue weighted by Gasteiger charge is -2.12. The van der Waals surface area contributed by atoms with Crippen LogP contribution in [0.25, 0.3) is 0 Å². The third kappa shape index (κ3) is 3.76. The number of benzene rings is 1. The Morgan fingerprint density at radius 2 is 1.89 bits per heavy atom. The van der Waals surface area contributed by atoms with Crippen molar-refractivity contribution < 1.29 is 13.2 Å². The standard InChI is InChI=1S/C15H19F3/c1-2-3-11-4-7-14(12-5-6-12)13(10-11)8-9-15(16,17)18/h4,7,10,12H,2-3,5-6,8-9H2,1H3. The molecule has 0 atom stereocenters. The van der Waals surface area contributed by atoms with Crippen LogP contribution in [0.5, 0.6) is 0 Å². The maximum atomic E-state index is 12.3. The molecule has 3 heteroatoms. The van der Waals surface area contributed by atoms with Gasteiger partial charge in [-0.15, -0.1) is 0 Å². The summed E-state index contributed by atoms with van der Waals surface area (Å²) >= 11 is 0. The van der Waals surface area contributed by atoms with Gasteiger partial charge in [0.05, 0.1) is 0 Å². The maximum Gasteiger partial charge on any atom is 0.389 e. The molecule has 0 heterocycles. The van der Waals surface area contributed by atoms with E-state index in [1.54, 1.807) is 0 Å². The molecule has 0 spiro atoms. The van der Waals surface area contributed by atoms with Crippen molar-refractivity contribution in [1.29, 1.82) is 0 Å². The first-order valence-electron chi connectivity index (χ1n) is 6.68. The summed E-state index contributed by atoms with van der Waals surface area (Å²) in [7, 11) is 0. The minimum absolute atomic E-state index is 0.132. The average Bonchev–Trinajstić information content (AvgIpc) is 3.10. The molecular weight excluding hydrogens is 237 g/mol. The quantitative estimate of drug-likeness (QED) is 0.694. The summed E-state index contributed by atoms with van der Waals surface area (Å²) in [4.78, 5) is 0. The van der Waals surface area contributed by atoms with E-state index in [0.29, 0.717) is 5.92 Å². The molecule has 1 aliphatic carbocycles. The van der Waals surface area contributed by atoms with Gasteiger partial charge in [0.1, 0.15) is 0 Å². The van der Waals surface area contributed by atoms with Gasteiger partial charge in [-0.05, 0) is 48.3 Å². The van der Waals surface area contributed by atoms with Gasteiger partial charge in [0.25, 0.3) is 0 Å². The Morgan fingerprint density at radius 1 is 1.17 bits per heavy atom. The lowest BCUT2D eigenvalue weighted by molar-refractivity contribution is -0.134. The first-order chi connectivity index (χ1) is 8.49. The molecule has 1 aliphatic rings. The number of aryl methyl sites for hydroxylation is 2. The largest absolute Gasteiger partial charge is 0.389 e. The lowest BCUT2D eigenvalue weighted by Crippen LogP contribution is -2.09. The molecule has 1 saturated carbocycles. The van der Waals surface area contributed by atoms with Gasteiger partial charge < -0.3 is 0 Å². The second-order valence-electron chi connectivity index (χ2n) is 5.17. The van der Waals surface area contributed by atoms with E-state index in [4.69, 9.17) is 0 Å². The molecular formula is C15H19F3. The van der Waals surface area contributed by atoms with Gasteiger partial charge in [-0.3, -0.25) is 0 Å². The highest BCUT2D eigenvalue weighted by Crippen LogP contribution is 2.42. The fraction of sp³-hybridized carbons (Fsp3) is 0.600. The van der Waals surface area contributed by atoms with Crippen molar-refractivity contribution in [2.45, 2.75) is 57.5 Å². The highest BCUT2D eigenvalue weighted by molar-refractivity contribution is 5.37. The van der Waals surface area contributed by atoms with E-state index in [1.807, 2.05) is 12.1 Å². The van der Waals surface area contributed by atoms with Crippen LogP contribution in [-0.4, -0.2) is 6.18 Å². The van der Waals surface area contributed by atoms with Crippen molar-refractivity contribution >= 4 is 0 Å². The number of halogens is 3. The van der Waals surface area contributed by atoms with Gasteiger partial charge in [-0.2, -0.15) is 13.2 Å². The van der Waals surface area contributed by atoms with Crippen LogP contribution in [0.3, 0.4) is 0 Å². The third-order valence-electron chi connectivity index (χ3n) is 3.44. The van der Waals surface area contributed by atoms with Crippen molar-refractivity contribution in [2.75, 3.05) is 0 Å². The van der Waals surface area contributed by atoms with Crippen LogP contribution >= 0.6 is 0 Å². The van der Waals surface area contributed by atoms with Gasteiger partial charge in [0.2, 0.25) is 0 Å². The van der Waals surface area contributed by atoms with E-state index in [0.717, 1.165) is 36.8 Å². The summed E-state index contributed by atoms with van der Waals surface area (Å²) < 4.78 is 37.0. The molecule has 0 amide bonds. The van der Waals surface area contributed by atoms with Crippen LogP contribution in [0.15, 0.2) is 18.2 Å². The monoisotopic (exact) mass is 256 g/mol. The lowest BCUT2D eigenvalue weighted by atomic mass is 9.95. The molecule has 0 unspecified atom stereocenters. The van der Waals surface area contributed by atoms with Gasteiger partial charge in [0.15, 0.2) is 0 Å². The second kappa shape index (κ2) is 5.33. The van der Waals surface area contributed by atoms with Gasteiger partial charge in [-0.1, -0.05) is 31.5 Å². The van der Waals surface area contributed by atoms with Crippen LogP contribution in [-0.2, 0) is 12.8 Å². The molecule has 0 aromatic heterocycles. The highest BCUT2D eigenvalue weighted by Gasteiger charge is 2.30. The minimum Gasteiger partial charge on any atom is -0.171 e. The molecule has 0 radical (unpaired) electrons. The molecule has 18 heavy (non-hydrogen) atoms. The Bertz CT molecular complexity index is 403. The third-order valence-corrected chi connectivity index (χ3v) is 3.44. The van der Waals surface area contributed by atoms with Gasteiger partial charge in [-0.25, -0.2) is 0 Å². The van der Waals surface area contributed by atoms with E-state index < -0.39 is 12.6 Å². The molecule has 1 aromatic carbocycles. The zero-order valence-corrected chi connectivity index (χ0v) is 10.7. The number of hydrogen-bond acceptors (Lipinski definition) is 0. The molecule has 100 valence electrons. The summed E-state index contributed by atoms with van der Waals surface area (Å²) in [6.45, 7) is 2.09. The Hall–Kier alpha value is -0.990. The smallest absolute Gasteiger partial charge is 0.171 e. The first-order valence-corrected chi connectivity index (χ1v) is 6.68. The van der Waals surface area contributed by atoms with Gasteiger partial charge >= 0.3 is 6.18 Å². The fourth-order valence-electron chi connectivity index (χ4n) is 2.39. The molecule has 0 aliphatic heterocycles. The topological polar surface area (TPSA) is 0 Å². The zero-order valence-electron chi connectivity index (χ0n) is 10.7. The second-order valence-corrected chi connectivity index (χ2v) is 5.17. The minimum atomic E-state index is -4.05. The van der Waals surface area contributed by atoms with E-state index in [9.17, 15) is 13.2 Å². The Labute approximate surface area is 106 Å². The van der Waals surface area contributed by atoms with Crippen molar-refractivity contribution in [3.63, 3.8) is 0 Å². The molecule has 1 fully saturated rings. The maximum absolute atomic E-state index is 12.3. The van der Waals surface area contributed by atoms with Crippen molar-refractivity contribution in [3.05, 3.63) is 34.9 Å². The highest BCUT2D eigenvalue weighted by atomic mass is 19.4. The van der Waals surface area contributed by atoms with Crippen molar-refractivity contribution in [3.8, 4) is 0 Å². The summed E-state index contributed by atoms with van der Waals surface area (Å²) in [6, 6.07) is 6.12. The molecule has 0 bridgehead atoms. The first kappa shape index (κ1) is 13.4. The summed E-state index contributed by atoms with van der Waals surface area (Å²) in [5, 5.41) is 0. The predicted molar refractivity (Wildman–Crippen MR) is 66.8 cm³/mol. The Balaban J connectivity index is 2.15. The van der Waals surface area contributed by atoms with Crippen molar-refractivity contribution in [2.24, 2.45) is 0 Å². The Kier molecular flexibility index (Phi) is 3.98. The van der Waals surface area contributed by atoms with E-state index in [1.165, 1.54) is 5.56 Å². The number of alkyl halides is 3. The predicted octanol–water partition coefficient (Wildman–Crippen LogP) is 5.01. The van der Waals surface area contributed by atoms with Gasteiger partial charge in [0, 0.05) is 6.42 Å². The summed E-state index contributed by atoms with van der Waals surface area (Å²) in [5.41, 5.74) is 3.24. The SMILES string of the molecule is CCCc1ccc(C2CC2)c(CCC(F)(F)F)c1. The fourth-order valence-corrected chi connectivity index (χ4v) is 2.39. The summed E-state index contributed by atoms with van der Waals surface area (Å²) in [6.07, 6.45) is -0.388.